The van der Waals surface area contributed by atoms with Crippen LogP contribution in [0.4, 0.5) is 0 Å². The molecule has 0 unspecified atom stereocenters. The molecule has 0 N–H and O–H groups in total. The van der Waals surface area contributed by atoms with Crippen molar-refractivity contribution >= 4 is 5.78 Å². The molecule has 0 amide bonds. The Hall–Kier alpha value is -0.670. The Labute approximate surface area is 227 Å². The topological polar surface area (TPSA) is 35.5 Å². The summed E-state index contributed by atoms with van der Waals surface area (Å²) in [7, 11) is 3.48. The standard InChI is InChI=1S/C30H58O2.C3H8O/c1-29(2)30(31)27-25-23-21-19-17-15-13-11-9-7-5-4-6-8-10-12-14-16-18-20-22-24-26-28-32-3;1-3-4-2/h1,4-28H2,2-3H3;3H2,1-2H3. The lowest BCUT2D eigenvalue weighted by atomic mass is 10.0. The van der Waals surface area contributed by atoms with Crippen molar-refractivity contribution in [1.29, 1.82) is 0 Å². The molecule has 0 aromatic heterocycles. The molecular weight excluding hydrogens is 444 g/mol. The molecule has 3 heteroatoms. The Morgan fingerprint density at radius 1 is 0.500 bits per heavy atom. The van der Waals surface area contributed by atoms with E-state index in [-0.39, 0.29) is 5.78 Å². The smallest absolute Gasteiger partial charge is 0.157 e. The molecule has 0 aliphatic carbocycles. The fourth-order valence-corrected chi connectivity index (χ4v) is 4.46. The van der Waals surface area contributed by atoms with E-state index in [0.717, 1.165) is 19.6 Å². The van der Waals surface area contributed by atoms with Gasteiger partial charge in [0.2, 0.25) is 0 Å². The van der Waals surface area contributed by atoms with Gasteiger partial charge in [-0.3, -0.25) is 4.79 Å². The quantitative estimate of drug-likeness (QED) is 0.0775. The molecule has 0 atom stereocenters. The van der Waals surface area contributed by atoms with Crippen molar-refractivity contribution in [2.45, 2.75) is 168 Å². The van der Waals surface area contributed by atoms with E-state index in [4.69, 9.17) is 4.74 Å². The lowest BCUT2D eigenvalue weighted by Gasteiger charge is -2.04. The van der Waals surface area contributed by atoms with Crippen LogP contribution >= 0.6 is 0 Å². The number of carbonyl (C=O) groups excluding carboxylic acids is 1. The van der Waals surface area contributed by atoms with Crippen LogP contribution < -0.4 is 0 Å². The fourth-order valence-electron chi connectivity index (χ4n) is 4.46. The van der Waals surface area contributed by atoms with Gasteiger partial charge in [0.25, 0.3) is 0 Å². The number of unbranched alkanes of at least 4 members (excludes halogenated alkanes) is 22. The van der Waals surface area contributed by atoms with Crippen LogP contribution in [-0.4, -0.2) is 33.2 Å². The maximum Gasteiger partial charge on any atom is 0.157 e. The van der Waals surface area contributed by atoms with Gasteiger partial charge in [-0.1, -0.05) is 141 Å². The molecule has 0 saturated heterocycles. The van der Waals surface area contributed by atoms with Gasteiger partial charge in [-0.15, -0.1) is 0 Å². The molecule has 0 fully saturated rings. The highest BCUT2D eigenvalue weighted by molar-refractivity contribution is 5.93. The number of Topliss-reactive ketones (excluding diaryl/α,β-unsaturated/α-hetero) is 1. The number of ether oxygens (including phenoxy) is 2. The first kappa shape index (κ1) is 37.5. The van der Waals surface area contributed by atoms with E-state index in [9.17, 15) is 4.79 Å². The third-order valence-corrected chi connectivity index (χ3v) is 7.02. The molecule has 0 saturated carbocycles. The van der Waals surface area contributed by atoms with Gasteiger partial charge >= 0.3 is 0 Å². The Bertz CT molecular complexity index is 431. The van der Waals surface area contributed by atoms with Gasteiger partial charge < -0.3 is 9.47 Å². The number of hydrogen-bond donors (Lipinski definition) is 0. The lowest BCUT2D eigenvalue weighted by Crippen LogP contribution is -1.97. The Morgan fingerprint density at radius 3 is 0.972 bits per heavy atom. The Balaban J connectivity index is 0. The summed E-state index contributed by atoms with van der Waals surface area (Å²) in [6, 6.07) is 0. The summed E-state index contributed by atoms with van der Waals surface area (Å²) in [5.41, 5.74) is 0.714. The van der Waals surface area contributed by atoms with E-state index in [1.165, 1.54) is 141 Å². The second kappa shape index (κ2) is 34.3. The van der Waals surface area contributed by atoms with Crippen LogP contribution in [0, 0.1) is 0 Å². The summed E-state index contributed by atoms with van der Waals surface area (Å²) < 4.78 is 9.63. The number of allylic oxidation sites excluding steroid dienone is 1. The first-order valence-electron chi connectivity index (χ1n) is 15.8. The van der Waals surface area contributed by atoms with Crippen LogP contribution in [0.1, 0.15) is 168 Å². The second-order valence-electron chi connectivity index (χ2n) is 10.7. The van der Waals surface area contributed by atoms with Gasteiger partial charge in [0, 0.05) is 33.9 Å². The number of carbonyl (C=O) groups is 1. The van der Waals surface area contributed by atoms with Crippen molar-refractivity contribution in [3.8, 4) is 0 Å². The average Bonchev–Trinajstić information content (AvgIpc) is 2.88. The van der Waals surface area contributed by atoms with Crippen molar-refractivity contribution in [1.82, 2.24) is 0 Å². The van der Waals surface area contributed by atoms with Gasteiger partial charge in [0.15, 0.2) is 5.78 Å². The highest BCUT2D eigenvalue weighted by Crippen LogP contribution is 2.15. The maximum atomic E-state index is 11.5. The van der Waals surface area contributed by atoms with Crippen LogP contribution in [0.3, 0.4) is 0 Å². The SMILES string of the molecule is C=C(C)C(=O)CCCCCCCCCCCCCCCCCCCCCCCCCOC.CCOC. The molecule has 0 bridgehead atoms. The highest BCUT2D eigenvalue weighted by Gasteiger charge is 2.01. The van der Waals surface area contributed by atoms with E-state index in [2.05, 4.69) is 11.3 Å². The largest absolute Gasteiger partial charge is 0.385 e. The van der Waals surface area contributed by atoms with E-state index in [1.54, 1.807) is 14.2 Å². The Kier molecular flexibility index (Phi) is 35.7. The molecule has 0 heterocycles. The zero-order valence-corrected chi connectivity index (χ0v) is 25.3. The van der Waals surface area contributed by atoms with E-state index >= 15 is 0 Å². The third kappa shape index (κ3) is 35.5. The number of ketones is 1. The normalized spacial score (nSPS) is 10.8. The molecule has 0 rings (SSSR count). The molecule has 0 radical (unpaired) electrons. The predicted molar refractivity (Wildman–Crippen MR) is 160 cm³/mol. The number of methoxy groups -OCH3 is 2. The van der Waals surface area contributed by atoms with E-state index in [0.29, 0.717) is 12.0 Å². The molecule has 0 aliphatic rings. The van der Waals surface area contributed by atoms with Crippen molar-refractivity contribution in [3.63, 3.8) is 0 Å². The average molecular weight is 511 g/mol. The summed E-state index contributed by atoms with van der Waals surface area (Å²) in [6.07, 6.45) is 32.5. The summed E-state index contributed by atoms with van der Waals surface area (Å²) in [4.78, 5) is 11.5. The zero-order valence-electron chi connectivity index (χ0n) is 25.3. The van der Waals surface area contributed by atoms with Crippen LogP contribution in [0.15, 0.2) is 12.2 Å². The van der Waals surface area contributed by atoms with Gasteiger partial charge in [-0.2, -0.15) is 0 Å². The summed E-state index contributed by atoms with van der Waals surface area (Å²) in [5.74, 6) is 0.246. The fraction of sp³-hybridized carbons (Fsp3) is 0.909. The van der Waals surface area contributed by atoms with Gasteiger partial charge in [0.1, 0.15) is 0 Å². The molecule has 0 aromatic rings. The van der Waals surface area contributed by atoms with Crippen LogP contribution in [0.2, 0.25) is 0 Å². The lowest BCUT2D eigenvalue weighted by molar-refractivity contribution is -0.115. The number of hydrogen-bond acceptors (Lipinski definition) is 3. The molecule has 0 spiro atoms. The van der Waals surface area contributed by atoms with Crippen LogP contribution in [0.25, 0.3) is 0 Å². The Morgan fingerprint density at radius 2 is 0.750 bits per heavy atom. The summed E-state index contributed by atoms with van der Waals surface area (Å²) >= 11 is 0. The van der Waals surface area contributed by atoms with Crippen molar-refractivity contribution in [2.24, 2.45) is 0 Å². The summed E-state index contributed by atoms with van der Waals surface area (Å²) in [5, 5.41) is 0. The minimum Gasteiger partial charge on any atom is -0.385 e. The minimum absolute atomic E-state index is 0.246. The molecule has 0 aliphatic heterocycles. The number of rotatable bonds is 28. The highest BCUT2D eigenvalue weighted by atomic mass is 16.5. The first-order chi connectivity index (χ1) is 17.6. The third-order valence-electron chi connectivity index (χ3n) is 7.02. The van der Waals surface area contributed by atoms with Crippen molar-refractivity contribution in [2.75, 3.05) is 27.4 Å². The van der Waals surface area contributed by atoms with Crippen LogP contribution in [0.5, 0.6) is 0 Å². The maximum absolute atomic E-state index is 11.5. The first-order valence-corrected chi connectivity index (χ1v) is 15.8. The van der Waals surface area contributed by atoms with Crippen molar-refractivity contribution in [3.05, 3.63) is 12.2 Å². The molecular formula is C33H66O3. The van der Waals surface area contributed by atoms with Crippen LogP contribution in [-0.2, 0) is 14.3 Å². The second-order valence-corrected chi connectivity index (χ2v) is 10.7. The van der Waals surface area contributed by atoms with Gasteiger partial charge in [-0.25, -0.2) is 0 Å². The zero-order chi connectivity index (χ0) is 27.0. The van der Waals surface area contributed by atoms with Gasteiger partial charge in [0.05, 0.1) is 0 Å². The van der Waals surface area contributed by atoms with Crippen molar-refractivity contribution < 1.29 is 14.3 Å². The van der Waals surface area contributed by atoms with Gasteiger partial charge in [-0.05, 0) is 32.3 Å². The monoisotopic (exact) mass is 511 g/mol. The predicted octanol–water partition coefficient (Wildman–Crippen LogP) is 10.8. The minimum atomic E-state index is 0.246. The summed E-state index contributed by atoms with van der Waals surface area (Å²) in [6.45, 7) is 9.25. The molecule has 0 aromatic carbocycles. The molecule has 3 nitrogen and oxygen atoms in total. The molecule has 36 heavy (non-hydrogen) atoms. The molecule has 216 valence electrons. The van der Waals surface area contributed by atoms with E-state index in [1.807, 2.05) is 13.8 Å². The van der Waals surface area contributed by atoms with E-state index < -0.39 is 0 Å².